The number of nitrogens with one attached hydrogen (secondary N) is 1. The zero-order valence-corrected chi connectivity index (χ0v) is 9.97. The lowest BCUT2D eigenvalue weighted by molar-refractivity contribution is -0.140. The van der Waals surface area contributed by atoms with Gasteiger partial charge in [0.2, 0.25) is 0 Å². The zero-order chi connectivity index (χ0) is 13.0. The van der Waals surface area contributed by atoms with Crippen LogP contribution >= 0.6 is 0 Å². The van der Waals surface area contributed by atoms with Crippen LogP contribution in [-0.2, 0) is 4.79 Å². The van der Waals surface area contributed by atoms with Crippen molar-refractivity contribution in [2.45, 2.75) is 26.8 Å². The van der Waals surface area contributed by atoms with Crippen molar-refractivity contribution in [3.63, 3.8) is 0 Å². The molecule has 6 nitrogen and oxygen atoms in total. The number of hydrogen-bond acceptors (Lipinski definition) is 4. The summed E-state index contributed by atoms with van der Waals surface area (Å²) in [4.78, 5) is 30.5. The van der Waals surface area contributed by atoms with Gasteiger partial charge in [0.1, 0.15) is 17.6 Å². The van der Waals surface area contributed by atoms with Crippen molar-refractivity contribution in [3.05, 3.63) is 23.8 Å². The Morgan fingerprint density at radius 3 is 2.53 bits per heavy atom. The molecule has 2 N–H and O–H groups in total. The van der Waals surface area contributed by atoms with Crippen LogP contribution in [0, 0.1) is 12.8 Å². The van der Waals surface area contributed by atoms with Crippen molar-refractivity contribution in [2.24, 2.45) is 5.92 Å². The maximum atomic E-state index is 11.8. The predicted octanol–water partition coefficient (Wildman–Crippen LogP) is 0.624. The Morgan fingerprint density at radius 2 is 2.06 bits per heavy atom. The minimum absolute atomic E-state index is 0.171. The molecule has 0 aliphatic rings. The van der Waals surface area contributed by atoms with Crippen LogP contribution in [0.25, 0.3) is 0 Å². The largest absolute Gasteiger partial charge is 0.480 e. The van der Waals surface area contributed by atoms with Gasteiger partial charge in [-0.05, 0) is 18.9 Å². The highest BCUT2D eigenvalue weighted by Crippen LogP contribution is 2.03. The highest BCUT2D eigenvalue weighted by molar-refractivity contribution is 5.94. The summed E-state index contributed by atoms with van der Waals surface area (Å²) in [5.41, 5.74) is 0.171. The van der Waals surface area contributed by atoms with Gasteiger partial charge in [0.25, 0.3) is 5.91 Å². The maximum Gasteiger partial charge on any atom is 0.326 e. The molecule has 17 heavy (non-hydrogen) atoms. The van der Waals surface area contributed by atoms with E-state index in [4.69, 9.17) is 5.11 Å². The molecule has 6 heteroatoms. The Labute approximate surface area is 99.1 Å². The number of carbonyl (C=O) groups excluding carboxylic acids is 1. The van der Waals surface area contributed by atoms with E-state index in [9.17, 15) is 9.59 Å². The van der Waals surface area contributed by atoms with Crippen molar-refractivity contribution in [2.75, 3.05) is 0 Å². The second kappa shape index (κ2) is 5.38. The van der Waals surface area contributed by atoms with Gasteiger partial charge in [0.05, 0.1) is 0 Å². The number of carboxylic acid groups (broad SMARTS) is 1. The number of hydrogen-bond donors (Lipinski definition) is 2. The summed E-state index contributed by atoms with van der Waals surface area (Å²) >= 11 is 0. The van der Waals surface area contributed by atoms with Gasteiger partial charge in [-0.15, -0.1) is 0 Å². The number of aromatic nitrogens is 2. The van der Waals surface area contributed by atoms with Gasteiger partial charge in [-0.25, -0.2) is 14.8 Å². The molecule has 0 aliphatic carbocycles. The van der Waals surface area contributed by atoms with Gasteiger partial charge in [0, 0.05) is 6.20 Å². The summed E-state index contributed by atoms with van der Waals surface area (Å²) in [5, 5.41) is 11.4. The minimum Gasteiger partial charge on any atom is -0.480 e. The highest BCUT2D eigenvalue weighted by atomic mass is 16.4. The standard InChI is InChI=1S/C11H15N3O3/c1-6(2)9(11(16)17)14-10(15)8-4-5-12-7(3)13-8/h4-6,9H,1-3H3,(H,14,15)(H,16,17)/t9-/m0/s1. The molecule has 0 aromatic carbocycles. The Morgan fingerprint density at radius 1 is 1.41 bits per heavy atom. The molecule has 1 rings (SSSR count). The van der Waals surface area contributed by atoms with E-state index in [-0.39, 0.29) is 11.6 Å². The van der Waals surface area contributed by atoms with Crippen molar-refractivity contribution < 1.29 is 14.7 Å². The lowest BCUT2D eigenvalue weighted by atomic mass is 10.0. The topological polar surface area (TPSA) is 92.2 Å². The van der Waals surface area contributed by atoms with E-state index in [1.165, 1.54) is 12.3 Å². The number of nitrogens with zero attached hydrogens (tertiary/aromatic N) is 2. The van der Waals surface area contributed by atoms with Gasteiger partial charge in [0.15, 0.2) is 0 Å². The Hall–Kier alpha value is -1.98. The summed E-state index contributed by atoms with van der Waals surface area (Å²) < 4.78 is 0. The molecular formula is C11H15N3O3. The molecule has 0 saturated carbocycles. The second-order valence-corrected chi connectivity index (χ2v) is 4.02. The number of amides is 1. The molecule has 1 aromatic heterocycles. The van der Waals surface area contributed by atoms with E-state index in [1.807, 2.05) is 0 Å². The number of rotatable bonds is 4. The molecule has 1 amide bonds. The lowest BCUT2D eigenvalue weighted by Crippen LogP contribution is -2.44. The molecule has 0 radical (unpaired) electrons. The third-order valence-corrected chi connectivity index (χ3v) is 2.23. The van der Waals surface area contributed by atoms with Gasteiger partial charge < -0.3 is 10.4 Å². The second-order valence-electron chi connectivity index (χ2n) is 4.02. The summed E-state index contributed by atoms with van der Waals surface area (Å²) in [5.74, 6) is -1.29. The van der Waals surface area contributed by atoms with E-state index in [0.717, 1.165) is 0 Å². The highest BCUT2D eigenvalue weighted by Gasteiger charge is 2.24. The molecule has 1 aromatic rings. The van der Waals surface area contributed by atoms with E-state index < -0.39 is 17.9 Å². The van der Waals surface area contributed by atoms with Crippen LogP contribution in [0.2, 0.25) is 0 Å². The van der Waals surface area contributed by atoms with Gasteiger partial charge in [-0.2, -0.15) is 0 Å². The quantitative estimate of drug-likeness (QED) is 0.801. The fourth-order valence-corrected chi connectivity index (χ4v) is 1.31. The average Bonchev–Trinajstić information content (AvgIpc) is 2.24. The first-order valence-corrected chi connectivity index (χ1v) is 5.25. The van der Waals surface area contributed by atoms with Gasteiger partial charge in [-0.1, -0.05) is 13.8 Å². The number of aryl methyl sites for hydroxylation is 1. The van der Waals surface area contributed by atoms with Crippen molar-refractivity contribution in [1.82, 2.24) is 15.3 Å². The summed E-state index contributed by atoms with van der Waals surface area (Å²) in [6.45, 7) is 5.11. The summed E-state index contributed by atoms with van der Waals surface area (Å²) in [7, 11) is 0. The molecule has 0 bridgehead atoms. The van der Waals surface area contributed by atoms with E-state index in [1.54, 1.807) is 20.8 Å². The van der Waals surface area contributed by atoms with Crippen LogP contribution in [0.15, 0.2) is 12.3 Å². The third-order valence-electron chi connectivity index (χ3n) is 2.23. The van der Waals surface area contributed by atoms with E-state index in [2.05, 4.69) is 15.3 Å². The summed E-state index contributed by atoms with van der Waals surface area (Å²) in [6.07, 6.45) is 1.46. The van der Waals surface area contributed by atoms with Gasteiger partial charge >= 0.3 is 5.97 Å². The Bertz CT molecular complexity index is 432. The molecule has 92 valence electrons. The Balaban J connectivity index is 2.81. The number of carbonyl (C=O) groups is 2. The van der Waals surface area contributed by atoms with Gasteiger partial charge in [-0.3, -0.25) is 4.79 Å². The maximum absolute atomic E-state index is 11.8. The molecule has 0 fully saturated rings. The van der Waals surface area contributed by atoms with Crippen LogP contribution in [0.1, 0.15) is 30.2 Å². The normalized spacial score (nSPS) is 12.2. The monoisotopic (exact) mass is 237 g/mol. The molecule has 0 aliphatic heterocycles. The predicted molar refractivity (Wildman–Crippen MR) is 60.5 cm³/mol. The smallest absolute Gasteiger partial charge is 0.326 e. The van der Waals surface area contributed by atoms with Crippen LogP contribution in [0.5, 0.6) is 0 Å². The molecule has 1 heterocycles. The van der Waals surface area contributed by atoms with E-state index >= 15 is 0 Å². The molecule has 1 atom stereocenters. The first-order valence-electron chi connectivity index (χ1n) is 5.25. The molecular weight excluding hydrogens is 222 g/mol. The number of aliphatic carboxylic acids is 1. The van der Waals surface area contributed by atoms with Crippen LogP contribution in [0.3, 0.4) is 0 Å². The zero-order valence-electron chi connectivity index (χ0n) is 9.97. The van der Waals surface area contributed by atoms with Crippen LogP contribution < -0.4 is 5.32 Å². The SMILES string of the molecule is Cc1nccc(C(=O)N[C@H](C(=O)O)C(C)C)n1. The van der Waals surface area contributed by atoms with Crippen LogP contribution in [0.4, 0.5) is 0 Å². The number of carboxylic acids is 1. The fraction of sp³-hybridized carbons (Fsp3) is 0.455. The third kappa shape index (κ3) is 3.51. The summed E-state index contributed by atoms with van der Waals surface area (Å²) in [6, 6.07) is 0.527. The first-order chi connectivity index (χ1) is 7.91. The molecule has 0 saturated heterocycles. The molecule has 0 spiro atoms. The van der Waals surface area contributed by atoms with Crippen molar-refractivity contribution in [1.29, 1.82) is 0 Å². The lowest BCUT2D eigenvalue weighted by Gasteiger charge is -2.17. The van der Waals surface area contributed by atoms with Crippen molar-refractivity contribution in [3.8, 4) is 0 Å². The fourth-order valence-electron chi connectivity index (χ4n) is 1.31. The van der Waals surface area contributed by atoms with Crippen LogP contribution in [-0.4, -0.2) is 33.0 Å². The first kappa shape index (κ1) is 13.1. The molecule has 0 unspecified atom stereocenters. The Kier molecular flexibility index (Phi) is 4.14. The average molecular weight is 237 g/mol. The minimum atomic E-state index is -1.06. The van der Waals surface area contributed by atoms with Crippen molar-refractivity contribution >= 4 is 11.9 Å². The van der Waals surface area contributed by atoms with E-state index in [0.29, 0.717) is 5.82 Å².